The fourth-order valence-corrected chi connectivity index (χ4v) is 3.17. The number of benzene rings is 1. The number of amides is 1. The van der Waals surface area contributed by atoms with E-state index in [0.29, 0.717) is 18.6 Å². The summed E-state index contributed by atoms with van der Waals surface area (Å²) in [6, 6.07) is 9.44. The number of halogens is 1. The highest BCUT2D eigenvalue weighted by Crippen LogP contribution is 2.22. The second kappa shape index (κ2) is 7.92. The predicted molar refractivity (Wildman–Crippen MR) is 89.0 cm³/mol. The molecule has 5 heteroatoms. The van der Waals surface area contributed by atoms with E-state index in [-0.39, 0.29) is 5.91 Å². The lowest BCUT2D eigenvalue weighted by atomic mass is 9.99. The van der Waals surface area contributed by atoms with Crippen LogP contribution in [0.25, 0.3) is 0 Å². The number of hydrogen-bond acceptors (Lipinski definition) is 3. The third kappa shape index (κ3) is 5.09. The van der Waals surface area contributed by atoms with Crippen LogP contribution in [0.1, 0.15) is 37.8 Å². The first-order valence-corrected chi connectivity index (χ1v) is 8.40. The minimum atomic E-state index is -0.234. The van der Waals surface area contributed by atoms with E-state index in [1.165, 1.54) is 5.56 Å². The third-order valence-electron chi connectivity index (χ3n) is 4.08. The Balaban J connectivity index is 1.86. The topological polar surface area (TPSA) is 58.4 Å². The molecule has 1 unspecified atom stereocenters. The molecule has 1 heterocycles. The zero-order valence-corrected chi connectivity index (χ0v) is 14.1. The van der Waals surface area contributed by atoms with Crippen LogP contribution >= 0.6 is 15.9 Å². The first-order chi connectivity index (χ1) is 10.1. The number of piperidine rings is 1. The van der Waals surface area contributed by atoms with Gasteiger partial charge in [-0.3, -0.25) is 9.69 Å². The molecule has 1 amide bonds. The largest absolute Gasteiger partial charge is 0.369 e. The van der Waals surface area contributed by atoms with Crippen LogP contribution in [-0.4, -0.2) is 36.5 Å². The van der Waals surface area contributed by atoms with E-state index >= 15 is 0 Å². The van der Waals surface area contributed by atoms with Crippen molar-refractivity contribution in [2.24, 2.45) is 5.73 Å². The van der Waals surface area contributed by atoms with Crippen molar-refractivity contribution in [3.05, 3.63) is 34.3 Å². The molecule has 21 heavy (non-hydrogen) atoms. The van der Waals surface area contributed by atoms with Crippen LogP contribution in [0, 0.1) is 0 Å². The van der Waals surface area contributed by atoms with Crippen molar-refractivity contribution in [2.45, 2.75) is 38.3 Å². The average Bonchev–Trinajstić information content (AvgIpc) is 2.47. The fourth-order valence-electron chi connectivity index (χ4n) is 2.91. The van der Waals surface area contributed by atoms with Crippen LogP contribution in [0.2, 0.25) is 0 Å². The van der Waals surface area contributed by atoms with Gasteiger partial charge in [0, 0.05) is 29.6 Å². The molecule has 0 saturated carbocycles. The van der Waals surface area contributed by atoms with Crippen molar-refractivity contribution in [3.8, 4) is 0 Å². The van der Waals surface area contributed by atoms with E-state index in [4.69, 9.17) is 5.73 Å². The van der Waals surface area contributed by atoms with Crippen LogP contribution in [0.5, 0.6) is 0 Å². The molecule has 4 nitrogen and oxygen atoms in total. The normalized spacial score (nSPS) is 18.6. The lowest BCUT2D eigenvalue weighted by Gasteiger charge is -2.34. The molecule has 1 aliphatic heterocycles. The van der Waals surface area contributed by atoms with E-state index in [1.807, 2.05) is 0 Å². The SMILES string of the molecule is CCC(NC1CCN(CC(N)=O)CC1)c1ccc(Br)cc1. The molecule has 1 aromatic carbocycles. The minimum absolute atomic E-state index is 0.234. The smallest absolute Gasteiger partial charge is 0.231 e. The van der Waals surface area contributed by atoms with Crippen LogP contribution in [0.3, 0.4) is 0 Å². The van der Waals surface area contributed by atoms with Crippen molar-refractivity contribution < 1.29 is 4.79 Å². The lowest BCUT2D eigenvalue weighted by molar-refractivity contribution is -0.119. The summed E-state index contributed by atoms with van der Waals surface area (Å²) in [6.07, 6.45) is 3.21. The molecule has 1 atom stereocenters. The van der Waals surface area contributed by atoms with E-state index < -0.39 is 0 Å². The molecule has 0 bridgehead atoms. The first kappa shape index (κ1) is 16.5. The van der Waals surface area contributed by atoms with Crippen LogP contribution < -0.4 is 11.1 Å². The Morgan fingerprint density at radius 3 is 2.52 bits per heavy atom. The van der Waals surface area contributed by atoms with E-state index in [9.17, 15) is 4.79 Å². The molecular formula is C16H24BrN3O. The van der Waals surface area contributed by atoms with Gasteiger partial charge in [-0.2, -0.15) is 0 Å². The number of primary amides is 1. The maximum absolute atomic E-state index is 10.9. The highest BCUT2D eigenvalue weighted by Gasteiger charge is 2.22. The number of carbonyl (C=O) groups excluding carboxylic acids is 1. The van der Waals surface area contributed by atoms with Gasteiger partial charge in [-0.15, -0.1) is 0 Å². The summed E-state index contributed by atoms with van der Waals surface area (Å²) in [4.78, 5) is 13.1. The van der Waals surface area contributed by atoms with Crippen molar-refractivity contribution in [3.63, 3.8) is 0 Å². The molecule has 0 spiro atoms. The van der Waals surface area contributed by atoms with E-state index in [2.05, 4.69) is 57.3 Å². The number of nitrogens with zero attached hydrogens (tertiary/aromatic N) is 1. The monoisotopic (exact) mass is 353 g/mol. The molecule has 1 fully saturated rings. The third-order valence-corrected chi connectivity index (χ3v) is 4.61. The van der Waals surface area contributed by atoms with Gasteiger partial charge in [-0.05, 0) is 37.0 Å². The zero-order valence-electron chi connectivity index (χ0n) is 12.5. The lowest BCUT2D eigenvalue weighted by Crippen LogP contribution is -2.46. The first-order valence-electron chi connectivity index (χ1n) is 7.60. The number of nitrogens with one attached hydrogen (secondary N) is 1. The molecule has 116 valence electrons. The minimum Gasteiger partial charge on any atom is -0.369 e. The number of rotatable bonds is 6. The Kier molecular flexibility index (Phi) is 6.21. The molecule has 0 aromatic heterocycles. The Morgan fingerprint density at radius 1 is 1.38 bits per heavy atom. The summed E-state index contributed by atoms with van der Waals surface area (Å²) in [5.74, 6) is -0.234. The molecule has 0 radical (unpaired) electrons. The van der Waals surface area contributed by atoms with E-state index in [1.54, 1.807) is 0 Å². The highest BCUT2D eigenvalue weighted by molar-refractivity contribution is 9.10. The van der Waals surface area contributed by atoms with Crippen molar-refractivity contribution >= 4 is 21.8 Å². The Hall–Kier alpha value is -0.910. The fraction of sp³-hybridized carbons (Fsp3) is 0.562. The summed E-state index contributed by atoms with van der Waals surface area (Å²) in [5, 5.41) is 3.76. The van der Waals surface area contributed by atoms with Crippen molar-refractivity contribution in [1.82, 2.24) is 10.2 Å². The average molecular weight is 354 g/mol. The number of hydrogen-bond donors (Lipinski definition) is 2. The molecule has 0 aliphatic carbocycles. The summed E-state index contributed by atoms with van der Waals surface area (Å²) in [5.41, 5.74) is 6.58. The predicted octanol–water partition coefficient (Wildman–Crippen LogP) is 2.44. The van der Waals surface area contributed by atoms with Crippen LogP contribution in [0.15, 0.2) is 28.7 Å². The molecule has 3 N–H and O–H groups in total. The number of nitrogens with two attached hydrogens (primary N) is 1. The molecule has 2 rings (SSSR count). The second-order valence-electron chi connectivity index (χ2n) is 5.70. The van der Waals surface area contributed by atoms with Gasteiger partial charge in [0.2, 0.25) is 5.91 Å². The van der Waals surface area contributed by atoms with E-state index in [0.717, 1.165) is 36.8 Å². The van der Waals surface area contributed by atoms with Crippen LogP contribution in [-0.2, 0) is 4.79 Å². The Labute approximate surface area is 135 Å². The quantitative estimate of drug-likeness (QED) is 0.825. The maximum atomic E-state index is 10.9. The molecule has 1 aromatic rings. The molecular weight excluding hydrogens is 330 g/mol. The van der Waals surface area contributed by atoms with Crippen molar-refractivity contribution in [2.75, 3.05) is 19.6 Å². The second-order valence-corrected chi connectivity index (χ2v) is 6.61. The Morgan fingerprint density at radius 2 is 2.00 bits per heavy atom. The van der Waals surface area contributed by atoms with Gasteiger partial charge in [0.25, 0.3) is 0 Å². The summed E-state index contributed by atoms with van der Waals surface area (Å²) >= 11 is 3.48. The molecule has 1 saturated heterocycles. The highest BCUT2D eigenvalue weighted by atomic mass is 79.9. The van der Waals surface area contributed by atoms with Crippen LogP contribution in [0.4, 0.5) is 0 Å². The Bertz CT molecular complexity index is 455. The van der Waals surface area contributed by atoms with Gasteiger partial charge in [0.15, 0.2) is 0 Å². The number of carbonyl (C=O) groups is 1. The van der Waals surface area contributed by atoms with Gasteiger partial charge >= 0.3 is 0 Å². The zero-order chi connectivity index (χ0) is 15.2. The summed E-state index contributed by atoms with van der Waals surface area (Å²) in [7, 11) is 0. The van der Waals surface area contributed by atoms with Gasteiger partial charge < -0.3 is 11.1 Å². The molecule has 1 aliphatic rings. The van der Waals surface area contributed by atoms with Gasteiger partial charge in [0.05, 0.1) is 6.54 Å². The summed E-state index contributed by atoms with van der Waals surface area (Å²) in [6.45, 7) is 4.48. The van der Waals surface area contributed by atoms with Crippen molar-refractivity contribution in [1.29, 1.82) is 0 Å². The van der Waals surface area contributed by atoms with Gasteiger partial charge in [-0.25, -0.2) is 0 Å². The van der Waals surface area contributed by atoms with Gasteiger partial charge in [-0.1, -0.05) is 35.0 Å². The standard InChI is InChI=1S/C16H24BrN3O/c1-2-15(12-3-5-13(17)6-4-12)19-14-7-9-20(10-8-14)11-16(18)21/h3-6,14-15,19H,2,7-11H2,1H3,(H2,18,21). The summed E-state index contributed by atoms with van der Waals surface area (Å²) < 4.78 is 1.11. The van der Waals surface area contributed by atoms with Gasteiger partial charge in [0.1, 0.15) is 0 Å². The number of likely N-dealkylation sites (tertiary alicyclic amines) is 1. The maximum Gasteiger partial charge on any atom is 0.231 e.